The highest BCUT2D eigenvalue weighted by molar-refractivity contribution is 8.03. The van der Waals surface area contributed by atoms with Gasteiger partial charge in [-0.2, -0.15) is 5.10 Å². The van der Waals surface area contributed by atoms with Gasteiger partial charge in [0.15, 0.2) is 8.68 Å². The molecule has 0 unspecified atom stereocenters. The van der Waals surface area contributed by atoms with Crippen molar-refractivity contribution in [1.29, 1.82) is 0 Å². The summed E-state index contributed by atoms with van der Waals surface area (Å²) in [6.45, 7) is 1.77. The number of amides is 1. The Kier molecular flexibility index (Phi) is 7.33. The van der Waals surface area contributed by atoms with Gasteiger partial charge in [-0.25, -0.2) is 5.43 Å². The van der Waals surface area contributed by atoms with Crippen LogP contribution >= 0.6 is 46.5 Å². The van der Waals surface area contributed by atoms with Gasteiger partial charge in [-0.05, 0) is 36.8 Å². The van der Waals surface area contributed by atoms with Gasteiger partial charge in [0.1, 0.15) is 11.5 Å². The number of nitrogens with one attached hydrogen (secondary N) is 1. The molecule has 0 saturated heterocycles. The van der Waals surface area contributed by atoms with E-state index >= 15 is 0 Å². The zero-order valence-corrected chi connectivity index (χ0v) is 17.4. The van der Waals surface area contributed by atoms with Crippen LogP contribution in [0.3, 0.4) is 0 Å². The van der Waals surface area contributed by atoms with Gasteiger partial charge in [0.05, 0.1) is 12.0 Å². The molecule has 2 aromatic heterocycles. The number of thioether (sulfide) groups is 2. The van der Waals surface area contributed by atoms with Crippen LogP contribution in [0.1, 0.15) is 18.2 Å². The summed E-state index contributed by atoms with van der Waals surface area (Å²) >= 11 is 10.3. The van der Waals surface area contributed by atoms with Crippen LogP contribution in [0.5, 0.6) is 0 Å². The van der Waals surface area contributed by atoms with Crippen molar-refractivity contribution in [2.45, 2.75) is 21.4 Å². The monoisotopic (exact) mass is 438 g/mol. The van der Waals surface area contributed by atoms with Gasteiger partial charge in [-0.1, -0.05) is 58.6 Å². The maximum Gasteiger partial charge on any atom is 0.250 e. The van der Waals surface area contributed by atoms with Crippen LogP contribution in [0.2, 0.25) is 5.02 Å². The molecular weight excluding hydrogens is 424 g/mol. The van der Waals surface area contributed by atoms with Gasteiger partial charge < -0.3 is 4.42 Å². The second-order valence-electron chi connectivity index (χ2n) is 5.25. The normalized spacial score (nSPS) is 11.6. The molecule has 6 nitrogen and oxygen atoms in total. The number of hydrogen-bond donors (Lipinski definition) is 1. The largest absolute Gasteiger partial charge is 0.463 e. The Hall–Kier alpha value is -1.81. The highest BCUT2D eigenvalue weighted by Gasteiger charge is 2.09. The molecule has 1 aromatic carbocycles. The van der Waals surface area contributed by atoms with Crippen LogP contribution in [0, 0.1) is 0 Å². The highest BCUT2D eigenvalue weighted by atomic mass is 35.5. The summed E-state index contributed by atoms with van der Waals surface area (Å²) in [7, 11) is 0. The van der Waals surface area contributed by atoms with Crippen molar-refractivity contribution < 1.29 is 9.21 Å². The molecule has 1 N–H and O–H groups in total. The fraction of sp³-hybridized carbons (Fsp3) is 0.176. The van der Waals surface area contributed by atoms with E-state index in [9.17, 15) is 4.79 Å². The molecule has 0 atom stereocenters. The van der Waals surface area contributed by atoms with Crippen LogP contribution in [0.4, 0.5) is 0 Å². The summed E-state index contributed by atoms with van der Waals surface area (Å²) in [6.07, 6.45) is 1.56. The van der Waals surface area contributed by atoms with Crippen LogP contribution in [-0.4, -0.2) is 27.6 Å². The molecule has 0 bridgehead atoms. The number of aromatic nitrogens is 2. The lowest BCUT2D eigenvalue weighted by molar-refractivity contribution is -0.118. The molecule has 0 aliphatic carbocycles. The lowest BCUT2D eigenvalue weighted by atomic mass is 10.2. The lowest BCUT2D eigenvalue weighted by Gasteiger charge is -1.99. The third-order valence-electron chi connectivity index (χ3n) is 3.22. The predicted octanol–water partition coefficient (Wildman–Crippen LogP) is 4.71. The molecule has 3 aromatic rings. The quantitative estimate of drug-likeness (QED) is 0.311. The molecule has 10 heteroatoms. The summed E-state index contributed by atoms with van der Waals surface area (Å²) in [4.78, 5) is 11.9. The van der Waals surface area contributed by atoms with Crippen LogP contribution < -0.4 is 5.43 Å². The zero-order chi connectivity index (χ0) is 19.1. The number of rotatable bonds is 8. The van der Waals surface area contributed by atoms with E-state index in [4.69, 9.17) is 16.0 Å². The molecule has 0 radical (unpaired) electrons. The third kappa shape index (κ3) is 6.39. The second-order valence-corrected chi connectivity index (χ2v) is 9.11. The van der Waals surface area contributed by atoms with Gasteiger partial charge in [-0.3, -0.25) is 4.79 Å². The maximum absolute atomic E-state index is 11.9. The van der Waals surface area contributed by atoms with Crippen molar-refractivity contribution in [2.75, 3.05) is 5.75 Å². The summed E-state index contributed by atoms with van der Waals surface area (Å²) in [5, 5.41) is 13.0. The number of carbonyl (C=O) groups is 1. The van der Waals surface area contributed by atoms with Gasteiger partial charge in [0.25, 0.3) is 5.91 Å². The molecule has 1 amide bonds. The summed E-state index contributed by atoms with van der Waals surface area (Å²) in [5.41, 5.74) is 4.28. The number of carbonyl (C=O) groups excluding carboxylic acids is 1. The van der Waals surface area contributed by atoms with E-state index in [1.54, 1.807) is 37.1 Å². The van der Waals surface area contributed by atoms with Crippen molar-refractivity contribution in [3.63, 3.8) is 0 Å². The Bertz CT molecular complexity index is 911. The van der Waals surface area contributed by atoms with E-state index in [1.165, 1.54) is 23.1 Å². The van der Waals surface area contributed by atoms with E-state index in [1.807, 2.05) is 24.3 Å². The average Bonchev–Trinajstić information content (AvgIpc) is 3.36. The van der Waals surface area contributed by atoms with Gasteiger partial charge >= 0.3 is 0 Å². The second kappa shape index (κ2) is 9.93. The van der Waals surface area contributed by atoms with E-state index in [0.717, 1.165) is 25.0 Å². The number of halogens is 1. The predicted molar refractivity (Wildman–Crippen MR) is 111 cm³/mol. The minimum Gasteiger partial charge on any atom is -0.463 e. The van der Waals surface area contributed by atoms with Crippen LogP contribution in [-0.2, 0) is 10.5 Å². The number of furan rings is 1. The molecule has 0 spiro atoms. The van der Waals surface area contributed by atoms with Crippen molar-refractivity contribution in [1.82, 2.24) is 15.6 Å². The molecule has 0 fully saturated rings. The molecule has 27 heavy (non-hydrogen) atoms. The minimum atomic E-state index is -0.212. The van der Waals surface area contributed by atoms with Crippen molar-refractivity contribution in [3.8, 4) is 0 Å². The van der Waals surface area contributed by atoms with Crippen molar-refractivity contribution >= 4 is 58.1 Å². The highest BCUT2D eigenvalue weighted by Crippen LogP contribution is 2.30. The molecular formula is C17H15ClN4O2S3. The van der Waals surface area contributed by atoms with E-state index in [0.29, 0.717) is 11.5 Å². The first-order chi connectivity index (χ1) is 13.1. The molecule has 3 rings (SSSR count). The van der Waals surface area contributed by atoms with E-state index in [2.05, 4.69) is 20.7 Å². The lowest BCUT2D eigenvalue weighted by Crippen LogP contribution is -2.21. The minimum absolute atomic E-state index is 0.212. The molecule has 0 saturated carbocycles. The van der Waals surface area contributed by atoms with E-state index < -0.39 is 0 Å². The molecule has 0 aliphatic rings. The van der Waals surface area contributed by atoms with Gasteiger partial charge in [0.2, 0.25) is 0 Å². The number of benzene rings is 1. The van der Waals surface area contributed by atoms with Crippen molar-refractivity contribution in [3.05, 3.63) is 59.0 Å². The number of hydrazone groups is 1. The Morgan fingerprint density at radius 1 is 1.22 bits per heavy atom. The Morgan fingerprint density at radius 3 is 2.67 bits per heavy atom. The summed E-state index contributed by atoms with van der Waals surface area (Å²) in [5.74, 6) is 1.41. The summed E-state index contributed by atoms with van der Waals surface area (Å²) in [6, 6.07) is 11.3. The molecule has 2 heterocycles. The average molecular weight is 439 g/mol. The van der Waals surface area contributed by atoms with Crippen LogP contribution in [0.15, 0.2) is 60.9 Å². The fourth-order valence-electron chi connectivity index (χ4n) is 1.88. The Morgan fingerprint density at radius 2 is 1.96 bits per heavy atom. The van der Waals surface area contributed by atoms with E-state index in [-0.39, 0.29) is 11.7 Å². The third-order valence-corrected chi connectivity index (χ3v) is 6.73. The first-order valence-corrected chi connectivity index (χ1v) is 11.0. The number of hydrogen-bond acceptors (Lipinski definition) is 8. The molecule has 140 valence electrons. The maximum atomic E-state index is 11.9. The zero-order valence-electron chi connectivity index (χ0n) is 14.2. The first kappa shape index (κ1) is 19.9. The smallest absolute Gasteiger partial charge is 0.250 e. The fourth-order valence-corrected chi connectivity index (χ4v) is 4.78. The topological polar surface area (TPSA) is 80.4 Å². The van der Waals surface area contributed by atoms with Gasteiger partial charge in [-0.15, -0.1) is 10.2 Å². The SMILES string of the molecule is C/C(=N\NC(=O)CSc1nnc(SCc2ccc(Cl)cc2)s1)c1ccco1. The van der Waals surface area contributed by atoms with Gasteiger partial charge in [0, 0.05) is 10.8 Å². The van der Waals surface area contributed by atoms with Crippen molar-refractivity contribution in [2.24, 2.45) is 5.10 Å². The summed E-state index contributed by atoms with van der Waals surface area (Å²) < 4.78 is 6.81. The molecule has 0 aliphatic heterocycles. The standard InChI is InChI=1S/C17H15ClN4O2S3/c1-11(14-3-2-8-24-14)19-20-15(23)10-26-17-22-21-16(27-17)25-9-12-4-6-13(18)7-5-12/h2-8H,9-10H2,1H3,(H,20,23)/b19-11+. The first-order valence-electron chi connectivity index (χ1n) is 7.81. The number of nitrogens with zero attached hydrogens (tertiary/aromatic N) is 3. The van der Waals surface area contributed by atoms with Crippen LogP contribution in [0.25, 0.3) is 0 Å². The Balaban J connectivity index is 1.43. The Labute approximate surface area is 173 Å².